The molecule has 0 saturated carbocycles. The number of thiazole rings is 1. The van der Waals surface area contributed by atoms with Gasteiger partial charge in [-0.15, -0.1) is 6.58 Å². The number of nitrogens with one attached hydrogen (secondary N) is 1. The first-order chi connectivity index (χ1) is 9.65. The average Bonchev–Trinajstić information content (AvgIpc) is 2.74. The highest BCUT2D eigenvalue weighted by molar-refractivity contribution is 7.80. The Morgan fingerprint density at radius 3 is 3.10 bits per heavy atom. The summed E-state index contributed by atoms with van der Waals surface area (Å²) in [4.78, 5) is 5.22. The molecule has 1 aromatic heterocycles. The van der Waals surface area contributed by atoms with E-state index in [4.69, 9.17) is 12.2 Å². The van der Waals surface area contributed by atoms with Crippen LogP contribution in [0.5, 0.6) is 0 Å². The monoisotopic (exact) mass is 307 g/mol. The Kier molecular flexibility index (Phi) is 5.05. The summed E-state index contributed by atoms with van der Waals surface area (Å²) in [6, 6.07) is 6.23. The molecule has 0 aliphatic carbocycles. The molecule has 2 rings (SSSR count). The van der Waals surface area contributed by atoms with Crippen molar-refractivity contribution in [1.82, 2.24) is 9.88 Å². The Balaban J connectivity index is 2.50. The van der Waals surface area contributed by atoms with Gasteiger partial charge >= 0.3 is 0 Å². The van der Waals surface area contributed by atoms with Gasteiger partial charge in [-0.1, -0.05) is 23.5 Å². The van der Waals surface area contributed by atoms with E-state index >= 15 is 0 Å². The number of aryl methyl sites for hydroxylation is 1. The Morgan fingerprint density at radius 1 is 1.60 bits per heavy atom. The maximum Gasteiger partial charge on any atom is 0.195 e. The number of aliphatic hydroxyl groups excluding tert-OH is 1. The van der Waals surface area contributed by atoms with E-state index in [0.717, 1.165) is 15.0 Å². The molecule has 0 radical (unpaired) electrons. The van der Waals surface area contributed by atoms with E-state index in [2.05, 4.69) is 42.0 Å². The van der Waals surface area contributed by atoms with Crippen molar-refractivity contribution in [3.63, 3.8) is 0 Å². The largest absolute Gasteiger partial charge is 0.395 e. The molecule has 0 aliphatic heterocycles. The van der Waals surface area contributed by atoms with Crippen molar-refractivity contribution in [3.8, 4) is 0 Å². The van der Waals surface area contributed by atoms with E-state index in [0.29, 0.717) is 18.2 Å². The van der Waals surface area contributed by atoms with Crippen LogP contribution in [0.3, 0.4) is 0 Å². The second-order valence-electron chi connectivity index (χ2n) is 4.32. The van der Waals surface area contributed by atoms with Gasteiger partial charge in [0.25, 0.3) is 0 Å². The zero-order valence-electron chi connectivity index (χ0n) is 11.3. The summed E-state index contributed by atoms with van der Waals surface area (Å²) in [6.07, 6.45) is 1.73. The molecular weight excluding hydrogens is 290 g/mol. The Hall–Kier alpha value is -1.50. The van der Waals surface area contributed by atoms with Crippen molar-refractivity contribution >= 4 is 38.9 Å². The first kappa shape index (κ1) is 14.9. The Morgan fingerprint density at radius 2 is 2.40 bits per heavy atom. The number of nitrogens with zero attached hydrogens (tertiary/aromatic N) is 2. The first-order valence-electron chi connectivity index (χ1n) is 6.30. The quantitative estimate of drug-likeness (QED) is 0.671. The van der Waals surface area contributed by atoms with Crippen LogP contribution in [0.25, 0.3) is 10.2 Å². The van der Waals surface area contributed by atoms with Gasteiger partial charge in [0.2, 0.25) is 0 Å². The number of aliphatic hydroxyl groups is 1. The molecule has 0 bridgehead atoms. The van der Waals surface area contributed by atoms with E-state index in [1.54, 1.807) is 17.4 Å². The highest BCUT2D eigenvalue weighted by Gasteiger charge is 2.06. The van der Waals surface area contributed by atoms with Crippen molar-refractivity contribution in [1.29, 1.82) is 0 Å². The summed E-state index contributed by atoms with van der Waals surface area (Å²) in [5, 5.41) is 12.6. The normalized spacial score (nSPS) is 11.8. The molecule has 0 unspecified atom stereocenters. The predicted octanol–water partition coefficient (Wildman–Crippen LogP) is 1.96. The molecule has 6 heteroatoms. The minimum Gasteiger partial charge on any atom is -0.395 e. The molecule has 2 N–H and O–H groups in total. The zero-order valence-corrected chi connectivity index (χ0v) is 12.9. The molecule has 0 spiro atoms. The molecule has 0 amide bonds. The van der Waals surface area contributed by atoms with Gasteiger partial charge in [-0.05, 0) is 36.8 Å². The van der Waals surface area contributed by atoms with E-state index in [9.17, 15) is 5.11 Å². The lowest BCUT2D eigenvalue weighted by Crippen LogP contribution is -2.24. The van der Waals surface area contributed by atoms with Crippen LogP contribution in [0.15, 0.2) is 35.8 Å². The van der Waals surface area contributed by atoms with Crippen molar-refractivity contribution < 1.29 is 5.11 Å². The number of benzene rings is 1. The summed E-state index contributed by atoms with van der Waals surface area (Å²) in [5.74, 6) is 0. The van der Waals surface area contributed by atoms with Crippen LogP contribution < -0.4 is 10.1 Å². The van der Waals surface area contributed by atoms with E-state index in [1.165, 1.54) is 5.56 Å². The molecule has 1 heterocycles. The molecule has 1 aromatic carbocycles. The fourth-order valence-electron chi connectivity index (χ4n) is 1.87. The van der Waals surface area contributed by atoms with Crippen molar-refractivity contribution in [2.45, 2.75) is 13.5 Å². The molecule has 2 aromatic rings. The molecule has 20 heavy (non-hydrogen) atoms. The minimum atomic E-state index is 0.0692. The second kappa shape index (κ2) is 6.78. The minimum absolute atomic E-state index is 0.0692. The lowest BCUT2D eigenvalue weighted by molar-refractivity contribution is 0.277. The maximum atomic E-state index is 9.23. The molecule has 4 nitrogen and oxygen atoms in total. The standard InChI is InChI=1S/C14H17N3OS2/c1-3-6-15-13(19)16-14-17(7-8-18)11-5-4-10(2)9-12(11)20-14/h3-5,9,18H,1,6-8H2,2H3,(H,15,19). The average molecular weight is 307 g/mol. The van der Waals surface area contributed by atoms with Gasteiger partial charge in [0, 0.05) is 13.1 Å². The molecule has 0 atom stereocenters. The van der Waals surface area contributed by atoms with Crippen molar-refractivity contribution in [2.24, 2.45) is 4.99 Å². The van der Waals surface area contributed by atoms with Gasteiger partial charge in [0.15, 0.2) is 9.91 Å². The summed E-state index contributed by atoms with van der Waals surface area (Å²) >= 11 is 6.75. The number of hydrogen-bond donors (Lipinski definition) is 2. The van der Waals surface area contributed by atoms with Crippen LogP contribution in [0.1, 0.15) is 5.56 Å². The van der Waals surface area contributed by atoms with Gasteiger partial charge in [-0.25, -0.2) is 0 Å². The number of aromatic nitrogens is 1. The van der Waals surface area contributed by atoms with Gasteiger partial charge in [0.05, 0.1) is 16.8 Å². The van der Waals surface area contributed by atoms with Crippen LogP contribution in [0.2, 0.25) is 0 Å². The third-order valence-corrected chi connectivity index (χ3v) is 4.03. The van der Waals surface area contributed by atoms with Crippen LogP contribution >= 0.6 is 23.6 Å². The van der Waals surface area contributed by atoms with E-state index in [-0.39, 0.29) is 6.61 Å². The number of rotatable bonds is 4. The highest BCUT2D eigenvalue weighted by Crippen LogP contribution is 2.18. The lowest BCUT2D eigenvalue weighted by atomic mass is 10.2. The zero-order chi connectivity index (χ0) is 14.5. The molecule has 106 valence electrons. The van der Waals surface area contributed by atoms with Gasteiger partial charge < -0.3 is 15.0 Å². The molecule has 0 saturated heterocycles. The van der Waals surface area contributed by atoms with Crippen LogP contribution in [0.4, 0.5) is 0 Å². The fraction of sp³-hybridized carbons (Fsp3) is 0.286. The summed E-state index contributed by atoms with van der Waals surface area (Å²) in [5.41, 5.74) is 2.27. The summed E-state index contributed by atoms with van der Waals surface area (Å²) in [7, 11) is 0. The summed E-state index contributed by atoms with van der Waals surface area (Å²) < 4.78 is 3.13. The maximum absolute atomic E-state index is 9.23. The van der Waals surface area contributed by atoms with Crippen molar-refractivity contribution in [3.05, 3.63) is 41.2 Å². The number of fused-ring (bicyclic) bond motifs is 1. The topological polar surface area (TPSA) is 49.5 Å². The number of hydrogen-bond acceptors (Lipinski definition) is 3. The molecule has 0 fully saturated rings. The lowest BCUT2D eigenvalue weighted by Gasteiger charge is -2.03. The fourth-order valence-corrected chi connectivity index (χ4v) is 3.26. The summed E-state index contributed by atoms with van der Waals surface area (Å²) in [6.45, 7) is 6.85. The van der Waals surface area contributed by atoms with Crippen LogP contribution in [-0.2, 0) is 6.54 Å². The highest BCUT2D eigenvalue weighted by atomic mass is 32.1. The molecular formula is C14H17N3OS2. The number of thiocarbonyl (C=S) groups is 1. The van der Waals surface area contributed by atoms with Gasteiger partial charge in [0.1, 0.15) is 0 Å². The Labute approximate surface area is 127 Å². The van der Waals surface area contributed by atoms with E-state index < -0.39 is 0 Å². The van der Waals surface area contributed by atoms with Crippen molar-refractivity contribution in [2.75, 3.05) is 13.2 Å². The van der Waals surface area contributed by atoms with E-state index in [1.807, 2.05) is 4.57 Å². The predicted molar refractivity (Wildman–Crippen MR) is 88.0 cm³/mol. The third kappa shape index (κ3) is 3.33. The second-order valence-corrected chi connectivity index (χ2v) is 5.71. The smallest absolute Gasteiger partial charge is 0.195 e. The first-order valence-corrected chi connectivity index (χ1v) is 7.52. The van der Waals surface area contributed by atoms with Crippen LogP contribution in [0, 0.1) is 6.92 Å². The third-order valence-electron chi connectivity index (χ3n) is 2.76. The Bertz CT molecular complexity index is 700. The van der Waals surface area contributed by atoms with Gasteiger partial charge in [-0.3, -0.25) is 0 Å². The van der Waals surface area contributed by atoms with Gasteiger partial charge in [-0.2, -0.15) is 4.99 Å². The molecule has 0 aliphatic rings. The van der Waals surface area contributed by atoms with Crippen LogP contribution in [-0.4, -0.2) is 27.9 Å². The SMILES string of the molecule is C=CCNC(=S)N=c1sc2cc(C)ccc2n1CCO.